The molecule has 4 aromatic rings. The second kappa shape index (κ2) is 9.61. The number of rotatable bonds is 6. The Balaban J connectivity index is 1.71. The molecule has 1 aliphatic carbocycles. The summed E-state index contributed by atoms with van der Waals surface area (Å²) in [6.07, 6.45) is 2.07. The number of hydrogen-bond acceptors (Lipinski definition) is 5. The maximum absolute atomic E-state index is 14.7. The first kappa shape index (κ1) is 24.9. The highest BCUT2D eigenvalue weighted by atomic mass is 127. The van der Waals surface area contributed by atoms with Gasteiger partial charge in [-0.15, -0.1) is 0 Å². The lowest BCUT2D eigenvalue weighted by atomic mass is 10.1. The van der Waals surface area contributed by atoms with Crippen LogP contribution in [0, 0.1) is 16.3 Å². The van der Waals surface area contributed by atoms with Crippen molar-refractivity contribution in [1.29, 1.82) is 0 Å². The Morgan fingerprint density at radius 3 is 2.62 bits per heavy atom. The highest BCUT2D eigenvalue weighted by Gasteiger charge is 2.24. The average Bonchev–Trinajstić information content (AvgIpc) is 3.65. The van der Waals surface area contributed by atoms with Crippen LogP contribution < -0.4 is 27.4 Å². The minimum Gasteiger partial charge on any atom is -0.353 e. The third kappa shape index (κ3) is 4.82. The van der Waals surface area contributed by atoms with E-state index in [4.69, 9.17) is 0 Å². The molecule has 1 aliphatic rings. The van der Waals surface area contributed by atoms with E-state index in [1.807, 2.05) is 22.6 Å². The van der Waals surface area contributed by atoms with Crippen molar-refractivity contribution in [2.24, 2.45) is 7.05 Å². The monoisotopic (exact) mass is 615 g/mol. The van der Waals surface area contributed by atoms with Gasteiger partial charge < -0.3 is 10.6 Å². The largest absolute Gasteiger partial charge is 0.353 e. The second-order valence-corrected chi connectivity index (χ2v) is 10.3. The van der Waals surface area contributed by atoms with Gasteiger partial charge in [-0.1, -0.05) is 12.1 Å². The molecule has 0 saturated heterocycles. The predicted molar refractivity (Wildman–Crippen MR) is 147 cm³/mol. The van der Waals surface area contributed by atoms with E-state index < -0.39 is 22.6 Å². The second-order valence-electron chi connectivity index (χ2n) is 9.09. The Bertz CT molecular complexity index is 1750. The van der Waals surface area contributed by atoms with Crippen LogP contribution in [-0.4, -0.2) is 26.1 Å². The molecule has 5 rings (SSSR count). The van der Waals surface area contributed by atoms with Crippen molar-refractivity contribution in [2.75, 3.05) is 5.32 Å². The average molecular weight is 615 g/mol. The third-order valence-electron chi connectivity index (χ3n) is 6.32. The van der Waals surface area contributed by atoms with Gasteiger partial charge in [-0.3, -0.25) is 28.5 Å². The van der Waals surface area contributed by atoms with Crippen LogP contribution in [0.4, 0.5) is 15.9 Å². The number of H-pyrrole nitrogens is 1. The lowest BCUT2D eigenvalue weighted by Crippen LogP contribution is -2.34. The Hall–Kier alpha value is -3.74. The molecular formula is C26H23FIN5O4. The van der Waals surface area contributed by atoms with Gasteiger partial charge in [-0.05, 0) is 78.3 Å². The molecule has 0 atom stereocenters. The number of halogens is 2. The molecular weight excluding hydrogens is 592 g/mol. The van der Waals surface area contributed by atoms with Gasteiger partial charge in [0, 0.05) is 22.2 Å². The standard InChI is InChI=1S/C26H23FIN5O4/c1-13-22-21(23(32(2)25(13)36)30-19-9-6-15(28)12-18(19)27)24(35)31-26(37)33(22)17-5-3-4-14(10-17)11-20(34)29-16-7-8-16/h3-6,9-10,12,16,30H,7-8,11H2,1-2H3,(H,29,34)(H,31,35,37). The number of nitrogens with zero attached hydrogens (tertiary/aromatic N) is 2. The van der Waals surface area contributed by atoms with Gasteiger partial charge in [0.1, 0.15) is 17.0 Å². The van der Waals surface area contributed by atoms with Gasteiger partial charge in [0.25, 0.3) is 11.1 Å². The Morgan fingerprint density at radius 1 is 1.16 bits per heavy atom. The molecule has 190 valence electrons. The molecule has 37 heavy (non-hydrogen) atoms. The van der Waals surface area contributed by atoms with Gasteiger partial charge in [-0.2, -0.15) is 0 Å². The zero-order valence-electron chi connectivity index (χ0n) is 20.0. The fourth-order valence-corrected chi connectivity index (χ4v) is 4.79. The molecule has 0 spiro atoms. The number of hydrogen-bond donors (Lipinski definition) is 3. The number of pyridine rings is 1. The molecule has 0 bridgehead atoms. The lowest BCUT2D eigenvalue weighted by molar-refractivity contribution is -0.120. The fraction of sp³-hybridized carbons (Fsp3) is 0.231. The maximum atomic E-state index is 14.7. The third-order valence-corrected chi connectivity index (χ3v) is 6.99. The zero-order chi connectivity index (χ0) is 26.4. The maximum Gasteiger partial charge on any atom is 0.333 e. The lowest BCUT2D eigenvalue weighted by Gasteiger charge is -2.19. The van der Waals surface area contributed by atoms with Crippen molar-refractivity contribution in [3.05, 3.63) is 94.2 Å². The smallest absolute Gasteiger partial charge is 0.333 e. The highest BCUT2D eigenvalue weighted by molar-refractivity contribution is 14.1. The van der Waals surface area contributed by atoms with Crippen LogP contribution in [0.3, 0.4) is 0 Å². The van der Waals surface area contributed by atoms with Crippen molar-refractivity contribution in [2.45, 2.75) is 32.2 Å². The van der Waals surface area contributed by atoms with E-state index in [1.54, 1.807) is 30.3 Å². The van der Waals surface area contributed by atoms with Crippen LogP contribution in [0.15, 0.2) is 56.8 Å². The fourth-order valence-electron chi connectivity index (χ4n) is 4.34. The quantitative estimate of drug-likeness (QED) is 0.289. The summed E-state index contributed by atoms with van der Waals surface area (Å²) >= 11 is 1.98. The molecule has 2 aromatic carbocycles. The summed E-state index contributed by atoms with van der Waals surface area (Å²) < 4.78 is 17.8. The van der Waals surface area contributed by atoms with Gasteiger partial charge in [0.2, 0.25) is 5.91 Å². The van der Waals surface area contributed by atoms with E-state index in [9.17, 15) is 23.6 Å². The van der Waals surface area contributed by atoms with Gasteiger partial charge >= 0.3 is 5.69 Å². The van der Waals surface area contributed by atoms with E-state index in [0.717, 1.165) is 12.8 Å². The first-order valence-electron chi connectivity index (χ1n) is 11.6. The number of amides is 1. The Morgan fingerprint density at radius 2 is 1.92 bits per heavy atom. The number of nitrogens with one attached hydrogen (secondary N) is 3. The van der Waals surface area contributed by atoms with E-state index in [2.05, 4.69) is 15.6 Å². The molecule has 1 amide bonds. The molecule has 0 aliphatic heterocycles. The highest BCUT2D eigenvalue weighted by Crippen LogP contribution is 2.27. The minimum atomic E-state index is -0.736. The summed E-state index contributed by atoms with van der Waals surface area (Å²) in [5, 5.41) is 5.83. The van der Waals surface area contributed by atoms with E-state index in [1.165, 1.54) is 35.2 Å². The summed E-state index contributed by atoms with van der Waals surface area (Å²) in [4.78, 5) is 54.0. The van der Waals surface area contributed by atoms with Crippen LogP contribution in [0.1, 0.15) is 24.0 Å². The van der Waals surface area contributed by atoms with Crippen molar-refractivity contribution in [3.8, 4) is 5.69 Å². The Labute approximate surface area is 223 Å². The van der Waals surface area contributed by atoms with Gasteiger partial charge in [0.15, 0.2) is 0 Å². The van der Waals surface area contributed by atoms with Crippen LogP contribution in [-0.2, 0) is 18.3 Å². The Kier molecular flexibility index (Phi) is 6.48. The molecule has 2 heterocycles. The number of aromatic amines is 1. The minimum absolute atomic E-state index is 0.0222. The normalized spacial score (nSPS) is 13.1. The molecule has 9 nitrogen and oxygen atoms in total. The zero-order valence-corrected chi connectivity index (χ0v) is 22.2. The van der Waals surface area contributed by atoms with Crippen molar-refractivity contribution < 1.29 is 9.18 Å². The predicted octanol–water partition coefficient (Wildman–Crippen LogP) is 2.99. The molecule has 0 radical (unpaired) electrons. The molecule has 1 fully saturated rings. The number of carbonyl (C=O) groups excluding carboxylic acids is 1. The summed E-state index contributed by atoms with van der Waals surface area (Å²) in [6, 6.07) is 11.5. The molecule has 1 saturated carbocycles. The summed E-state index contributed by atoms with van der Waals surface area (Å²) in [5.74, 6) is -0.634. The van der Waals surface area contributed by atoms with Crippen LogP contribution in [0.2, 0.25) is 0 Å². The topological polar surface area (TPSA) is 118 Å². The number of aryl methyl sites for hydroxylation is 1. The van der Waals surface area contributed by atoms with Gasteiger partial charge in [-0.25, -0.2) is 9.18 Å². The van der Waals surface area contributed by atoms with E-state index >= 15 is 0 Å². The van der Waals surface area contributed by atoms with E-state index in [-0.39, 0.29) is 46.3 Å². The molecule has 3 N–H and O–H groups in total. The van der Waals surface area contributed by atoms with Crippen LogP contribution >= 0.6 is 22.6 Å². The molecule has 11 heteroatoms. The number of fused-ring (bicyclic) bond motifs is 1. The summed E-state index contributed by atoms with van der Waals surface area (Å²) in [7, 11) is 1.47. The van der Waals surface area contributed by atoms with Crippen LogP contribution in [0.25, 0.3) is 16.6 Å². The van der Waals surface area contributed by atoms with E-state index in [0.29, 0.717) is 14.8 Å². The summed E-state index contributed by atoms with van der Waals surface area (Å²) in [6.45, 7) is 1.53. The molecule has 2 aromatic heterocycles. The number of carbonyl (C=O) groups is 1. The van der Waals surface area contributed by atoms with Crippen molar-refractivity contribution in [1.82, 2.24) is 19.4 Å². The summed E-state index contributed by atoms with van der Waals surface area (Å²) in [5.41, 5.74) is -0.520. The number of anilines is 2. The van der Waals surface area contributed by atoms with Crippen molar-refractivity contribution in [3.63, 3.8) is 0 Å². The molecule has 0 unspecified atom stereocenters. The number of benzene rings is 2. The SMILES string of the molecule is Cc1c(=O)n(C)c(Nc2ccc(I)cc2F)c2c(=O)[nH]c(=O)n(-c3cccc(CC(=O)NC4CC4)c3)c12. The van der Waals surface area contributed by atoms with Crippen molar-refractivity contribution >= 4 is 50.9 Å². The first-order chi connectivity index (χ1) is 17.6. The first-order valence-corrected chi connectivity index (χ1v) is 12.7. The van der Waals surface area contributed by atoms with Gasteiger partial charge in [0.05, 0.1) is 23.3 Å². The number of aromatic nitrogens is 3. The van der Waals surface area contributed by atoms with Crippen LogP contribution in [0.5, 0.6) is 0 Å².